The average Bonchev–Trinajstić information content (AvgIpc) is 3.03. The van der Waals surface area contributed by atoms with Crippen molar-refractivity contribution < 1.29 is 14.3 Å². The van der Waals surface area contributed by atoms with Crippen LogP contribution in [0.4, 0.5) is 0 Å². The van der Waals surface area contributed by atoms with Gasteiger partial charge in [0.1, 0.15) is 11.6 Å². The number of benzene rings is 1. The Morgan fingerprint density at radius 3 is 2.92 bits per heavy atom. The van der Waals surface area contributed by atoms with Crippen molar-refractivity contribution in [2.24, 2.45) is 5.92 Å². The quantitative estimate of drug-likeness (QED) is 0.629. The fourth-order valence-corrected chi connectivity index (χ4v) is 3.74. The molecule has 1 amide bonds. The molecule has 1 saturated carbocycles. The molecule has 5 nitrogen and oxygen atoms in total. The fraction of sp³-hybridized carbons (Fsp3) is 0.444. The van der Waals surface area contributed by atoms with Gasteiger partial charge in [0.05, 0.1) is 4.47 Å². The number of carbonyl (C=O) groups is 1. The largest absolute Gasteiger partial charge is 0.454 e. The van der Waals surface area contributed by atoms with Gasteiger partial charge in [0.25, 0.3) is 5.91 Å². The summed E-state index contributed by atoms with van der Waals surface area (Å²) >= 11 is 3.42. The molecule has 1 aromatic carbocycles. The SMILES string of the molecule is C[C@@H]1CCCC[C@@H]1NC(=O)/C(C#N)=C/c1cc(Br)c2c(c1)OCO2. The normalized spacial score (nSPS) is 22.8. The van der Waals surface area contributed by atoms with E-state index >= 15 is 0 Å². The van der Waals surface area contributed by atoms with Gasteiger partial charge in [-0.25, -0.2) is 0 Å². The minimum Gasteiger partial charge on any atom is -0.454 e. The van der Waals surface area contributed by atoms with E-state index in [1.54, 1.807) is 18.2 Å². The van der Waals surface area contributed by atoms with E-state index in [0.717, 1.165) is 29.3 Å². The Balaban J connectivity index is 1.78. The Morgan fingerprint density at radius 1 is 1.38 bits per heavy atom. The molecule has 1 heterocycles. The number of halogens is 1. The molecule has 0 aromatic heterocycles. The number of amides is 1. The molecule has 0 unspecified atom stereocenters. The maximum absolute atomic E-state index is 12.4. The van der Waals surface area contributed by atoms with Crippen molar-refractivity contribution in [1.29, 1.82) is 5.26 Å². The molecule has 1 fully saturated rings. The summed E-state index contributed by atoms with van der Waals surface area (Å²) in [6, 6.07) is 5.72. The van der Waals surface area contributed by atoms with Crippen LogP contribution in [0.1, 0.15) is 38.2 Å². The zero-order valence-electron chi connectivity index (χ0n) is 13.5. The smallest absolute Gasteiger partial charge is 0.262 e. The molecule has 2 atom stereocenters. The fourth-order valence-electron chi connectivity index (χ4n) is 3.16. The second-order valence-electron chi connectivity index (χ2n) is 6.25. The van der Waals surface area contributed by atoms with E-state index in [9.17, 15) is 10.1 Å². The molecule has 0 bridgehead atoms. The molecule has 126 valence electrons. The highest BCUT2D eigenvalue weighted by molar-refractivity contribution is 9.10. The minimum absolute atomic E-state index is 0.0959. The van der Waals surface area contributed by atoms with Crippen LogP contribution in [0.15, 0.2) is 22.2 Å². The van der Waals surface area contributed by atoms with Gasteiger partial charge >= 0.3 is 0 Å². The third-order valence-electron chi connectivity index (χ3n) is 4.55. The second-order valence-corrected chi connectivity index (χ2v) is 7.10. The van der Waals surface area contributed by atoms with E-state index in [2.05, 4.69) is 28.2 Å². The standard InChI is InChI=1S/C18H19BrN2O3/c1-11-4-2-3-5-15(11)21-18(22)13(9-20)6-12-7-14(19)17-16(8-12)23-10-24-17/h6-8,11,15H,2-5,10H2,1H3,(H,21,22)/b13-6+/t11-,15+/m1/s1. The van der Waals surface area contributed by atoms with Gasteiger partial charge in [0, 0.05) is 6.04 Å². The predicted octanol–water partition coefficient (Wildman–Crippen LogP) is 3.78. The number of nitrogens with zero attached hydrogens (tertiary/aromatic N) is 1. The van der Waals surface area contributed by atoms with E-state index in [4.69, 9.17) is 9.47 Å². The highest BCUT2D eigenvalue weighted by atomic mass is 79.9. The average molecular weight is 391 g/mol. The number of hydrogen-bond donors (Lipinski definition) is 1. The molecule has 0 saturated heterocycles. The lowest BCUT2D eigenvalue weighted by Gasteiger charge is -2.29. The Morgan fingerprint density at radius 2 is 2.17 bits per heavy atom. The van der Waals surface area contributed by atoms with Crippen LogP contribution < -0.4 is 14.8 Å². The summed E-state index contributed by atoms with van der Waals surface area (Å²) < 4.78 is 11.4. The van der Waals surface area contributed by atoms with E-state index in [1.165, 1.54) is 6.42 Å². The molecule has 0 spiro atoms. The zero-order chi connectivity index (χ0) is 17.1. The molecular weight excluding hydrogens is 372 g/mol. The monoisotopic (exact) mass is 390 g/mol. The van der Waals surface area contributed by atoms with Gasteiger partial charge in [-0.3, -0.25) is 4.79 Å². The molecule has 3 rings (SSSR count). The summed E-state index contributed by atoms with van der Waals surface area (Å²) in [5, 5.41) is 12.4. The highest BCUT2D eigenvalue weighted by Crippen LogP contribution is 2.40. The summed E-state index contributed by atoms with van der Waals surface area (Å²) in [4.78, 5) is 12.4. The number of nitriles is 1. The zero-order valence-corrected chi connectivity index (χ0v) is 15.1. The topological polar surface area (TPSA) is 71.4 Å². The number of hydrogen-bond acceptors (Lipinski definition) is 4. The third-order valence-corrected chi connectivity index (χ3v) is 5.14. The van der Waals surface area contributed by atoms with Crippen LogP contribution in [0.25, 0.3) is 6.08 Å². The lowest BCUT2D eigenvalue weighted by molar-refractivity contribution is -0.118. The summed E-state index contributed by atoms with van der Waals surface area (Å²) in [7, 11) is 0. The number of fused-ring (bicyclic) bond motifs is 1. The van der Waals surface area contributed by atoms with Crippen molar-refractivity contribution >= 4 is 27.9 Å². The van der Waals surface area contributed by atoms with Crippen LogP contribution in [0.3, 0.4) is 0 Å². The molecule has 2 aliphatic rings. The van der Waals surface area contributed by atoms with Crippen LogP contribution in [-0.2, 0) is 4.79 Å². The molecule has 1 aliphatic heterocycles. The lowest BCUT2D eigenvalue weighted by atomic mass is 9.86. The number of ether oxygens (including phenoxy) is 2. The van der Waals surface area contributed by atoms with E-state index in [-0.39, 0.29) is 24.3 Å². The van der Waals surface area contributed by atoms with Gasteiger partial charge in [-0.1, -0.05) is 19.8 Å². The van der Waals surface area contributed by atoms with Gasteiger partial charge in [0.2, 0.25) is 6.79 Å². The first-order valence-electron chi connectivity index (χ1n) is 8.10. The second kappa shape index (κ2) is 7.27. The summed E-state index contributed by atoms with van der Waals surface area (Å²) in [6.45, 7) is 2.32. The Labute approximate surface area is 149 Å². The summed E-state index contributed by atoms with van der Waals surface area (Å²) in [5.74, 6) is 1.38. The Bertz CT molecular complexity index is 724. The van der Waals surface area contributed by atoms with Crippen LogP contribution >= 0.6 is 15.9 Å². The Hall–Kier alpha value is -2.00. The van der Waals surface area contributed by atoms with Gasteiger partial charge in [-0.2, -0.15) is 5.26 Å². The van der Waals surface area contributed by atoms with Gasteiger partial charge in [-0.05, 0) is 58.5 Å². The third kappa shape index (κ3) is 3.57. The van der Waals surface area contributed by atoms with Gasteiger partial charge < -0.3 is 14.8 Å². The van der Waals surface area contributed by atoms with E-state index in [0.29, 0.717) is 17.4 Å². The molecule has 24 heavy (non-hydrogen) atoms. The molecule has 1 aromatic rings. The van der Waals surface area contributed by atoms with Crippen molar-refractivity contribution in [3.63, 3.8) is 0 Å². The molecule has 6 heteroatoms. The number of carbonyl (C=O) groups excluding carboxylic acids is 1. The van der Waals surface area contributed by atoms with Crippen LogP contribution in [-0.4, -0.2) is 18.7 Å². The summed E-state index contributed by atoms with van der Waals surface area (Å²) in [6.07, 6.45) is 6.00. The first kappa shape index (κ1) is 16.8. The van der Waals surface area contributed by atoms with Crippen LogP contribution in [0.5, 0.6) is 11.5 Å². The Kier molecular flexibility index (Phi) is 5.10. The van der Waals surface area contributed by atoms with Gasteiger partial charge in [0.15, 0.2) is 11.5 Å². The number of nitrogens with one attached hydrogen (secondary N) is 1. The van der Waals surface area contributed by atoms with Crippen LogP contribution in [0, 0.1) is 17.2 Å². The van der Waals surface area contributed by atoms with E-state index in [1.807, 2.05) is 6.07 Å². The maximum Gasteiger partial charge on any atom is 0.262 e. The van der Waals surface area contributed by atoms with Crippen molar-refractivity contribution in [2.75, 3.05) is 6.79 Å². The highest BCUT2D eigenvalue weighted by Gasteiger charge is 2.24. The number of rotatable bonds is 3. The predicted molar refractivity (Wildman–Crippen MR) is 93.4 cm³/mol. The van der Waals surface area contributed by atoms with Crippen LogP contribution in [0.2, 0.25) is 0 Å². The first-order chi connectivity index (χ1) is 11.6. The molecule has 1 N–H and O–H groups in total. The molecule has 1 aliphatic carbocycles. The van der Waals surface area contributed by atoms with Crippen molar-refractivity contribution in [1.82, 2.24) is 5.32 Å². The maximum atomic E-state index is 12.4. The lowest BCUT2D eigenvalue weighted by Crippen LogP contribution is -2.41. The van der Waals surface area contributed by atoms with Crippen molar-refractivity contribution in [3.05, 3.63) is 27.7 Å². The molecule has 0 radical (unpaired) electrons. The van der Waals surface area contributed by atoms with Crippen molar-refractivity contribution in [3.8, 4) is 17.6 Å². The minimum atomic E-state index is -0.315. The van der Waals surface area contributed by atoms with Crippen molar-refractivity contribution in [2.45, 2.75) is 38.6 Å². The van der Waals surface area contributed by atoms with Gasteiger partial charge in [-0.15, -0.1) is 0 Å². The first-order valence-corrected chi connectivity index (χ1v) is 8.89. The molecular formula is C18H19BrN2O3. The summed E-state index contributed by atoms with van der Waals surface area (Å²) in [5.41, 5.74) is 0.813. The van der Waals surface area contributed by atoms with E-state index < -0.39 is 0 Å².